The van der Waals surface area contributed by atoms with E-state index in [2.05, 4.69) is 0 Å². The molecule has 0 aromatic heterocycles. The van der Waals surface area contributed by atoms with Gasteiger partial charge in [0.1, 0.15) is 6.29 Å². The third-order valence-electron chi connectivity index (χ3n) is 1.39. The highest BCUT2D eigenvalue weighted by molar-refractivity contribution is 5.79. The van der Waals surface area contributed by atoms with Crippen LogP contribution in [0.15, 0.2) is 0 Å². The van der Waals surface area contributed by atoms with Crippen molar-refractivity contribution in [2.24, 2.45) is 5.41 Å². The zero-order chi connectivity index (χ0) is 9.78. The Bertz CT molecular complexity index is 192. The molecular weight excluding hydrogens is 164 g/mol. The van der Waals surface area contributed by atoms with Crippen molar-refractivity contribution in [2.45, 2.75) is 19.8 Å². The number of hydrogen-bond donors (Lipinski definition) is 2. The predicted octanol–water partition coefficient (Wildman–Crippen LogP) is 0.141. The van der Waals surface area contributed by atoms with Gasteiger partial charge in [0.2, 0.25) is 0 Å². The minimum atomic E-state index is -1.29. The molecule has 0 amide bonds. The van der Waals surface area contributed by atoms with Gasteiger partial charge in [-0.1, -0.05) is 6.92 Å². The van der Waals surface area contributed by atoms with Gasteiger partial charge in [-0.15, -0.1) is 0 Å². The summed E-state index contributed by atoms with van der Waals surface area (Å²) in [5.41, 5.74) is -1.29. The van der Waals surface area contributed by atoms with Crippen molar-refractivity contribution in [3.05, 3.63) is 0 Å². The molecule has 0 fully saturated rings. The smallest absolute Gasteiger partial charge is 0.304 e. The van der Waals surface area contributed by atoms with E-state index in [-0.39, 0.29) is 0 Å². The number of carbonyl (C=O) groups is 3. The Kier molecular flexibility index (Phi) is 3.40. The summed E-state index contributed by atoms with van der Waals surface area (Å²) >= 11 is 0. The van der Waals surface area contributed by atoms with Crippen LogP contribution in [0.3, 0.4) is 0 Å². The molecule has 0 unspecified atom stereocenters. The molecule has 68 valence electrons. The highest BCUT2D eigenvalue weighted by Gasteiger charge is 2.29. The molecule has 0 radical (unpaired) electrons. The van der Waals surface area contributed by atoms with Gasteiger partial charge in [0.05, 0.1) is 12.8 Å². The van der Waals surface area contributed by atoms with Gasteiger partial charge in [-0.05, 0) is 0 Å². The van der Waals surface area contributed by atoms with Gasteiger partial charge in [0.15, 0.2) is 0 Å². The fourth-order valence-corrected chi connectivity index (χ4v) is 0.837. The summed E-state index contributed by atoms with van der Waals surface area (Å²) in [7, 11) is 0. The number of carboxylic acids is 2. The highest BCUT2D eigenvalue weighted by atomic mass is 16.4. The molecule has 0 atom stereocenters. The lowest BCUT2D eigenvalue weighted by Gasteiger charge is -2.17. The Balaban J connectivity index is 4.33. The van der Waals surface area contributed by atoms with E-state index in [4.69, 9.17) is 10.2 Å². The van der Waals surface area contributed by atoms with Crippen molar-refractivity contribution in [3.8, 4) is 0 Å². The van der Waals surface area contributed by atoms with Crippen LogP contribution in [0.25, 0.3) is 0 Å². The van der Waals surface area contributed by atoms with E-state index in [1.54, 1.807) is 0 Å². The first-order valence-electron chi connectivity index (χ1n) is 3.29. The van der Waals surface area contributed by atoms with Crippen LogP contribution in [0.1, 0.15) is 19.8 Å². The summed E-state index contributed by atoms with van der Waals surface area (Å²) in [5.74, 6) is -2.35. The Morgan fingerprint density at radius 2 is 1.58 bits per heavy atom. The van der Waals surface area contributed by atoms with Gasteiger partial charge in [0, 0.05) is 5.41 Å². The van der Waals surface area contributed by atoms with Crippen LogP contribution in [0.4, 0.5) is 0 Å². The molecule has 2 N–H and O–H groups in total. The molecule has 0 aliphatic carbocycles. The highest BCUT2D eigenvalue weighted by Crippen LogP contribution is 2.22. The molecule has 0 aliphatic heterocycles. The normalized spacial score (nSPS) is 10.8. The molecule has 5 nitrogen and oxygen atoms in total. The first kappa shape index (κ1) is 10.6. The molecule has 0 saturated heterocycles. The average molecular weight is 174 g/mol. The number of hydrogen-bond acceptors (Lipinski definition) is 3. The van der Waals surface area contributed by atoms with E-state index < -0.39 is 30.2 Å². The number of carbonyl (C=O) groups excluding carboxylic acids is 1. The van der Waals surface area contributed by atoms with Crippen molar-refractivity contribution in [3.63, 3.8) is 0 Å². The summed E-state index contributed by atoms with van der Waals surface area (Å²) in [6.45, 7) is 1.31. The van der Waals surface area contributed by atoms with Crippen molar-refractivity contribution in [1.82, 2.24) is 0 Å². The maximum Gasteiger partial charge on any atom is 0.304 e. The van der Waals surface area contributed by atoms with Crippen LogP contribution in [-0.4, -0.2) is 28.4 Å². The molecule has 12 heavy (non-hydrogen) atoms. The largest absolute Gasteiger partial charge is 0.481 e. The van der Waals surface area contributed by atoms with Gasteiger partial charge in [-0.3, -0.25) is 9.59 Å². The third-order valence-corrected chi connectivity index (χ3v) is 1.39. The van der Waals surface area contributed by atoms with Crippen LogP contribution < -0.4 is 0 Å². The van der Waals surface area contributed by atoms with E-state index in [1.807, 2.05) is 0 Å². The molecule has 0 spiro atoms. The van der Waals surface area contributed by atoms with Gasteiger partial charge in [0.25, 0.3) is 0 Å². The van der Waals surface area contributed by atoms with Crippen molar-refractivity contribution >= 4 is 18.2 Å². The minimum absolute atomic E-state index is 0.370. The first-order valence-corrected chi connectivity index (χ1v) is 3.29. The van der Waals surface area contributed by atoms with Gasteiger partial charge in [-0.25, -0.2) is 0 Å². The van der Waals surface area contributed by atoms with Gasteiger partial charge < -0.3 is 15.0 Å². The lowest BCUT2D eigenvalue weighted by atomic mass is 9.85. The Morgan fingerprint density at radius 3 is 1.75 bits per heavy atom. The number of aliphatic carboxylic acids is 2. The van der Waals surface area contributed by atoms with Gasteiger partial charge >= 0.3 is 11.9 Å². The van der Waals surface area contributed by atoms with E-state index in [9.17, 15) is 14.4 Å². The second kappa shape index (κ2) is 3.85. The summed E-state index contributed by atoms with van der Waals surface area (Å²) in [5, 5.41) is 16.7. The van der Waals surface area contributed by atoms with E-state index in [0.717, 1.165) is 0 Å². The molecular formula is C7H10O5. The summed E-state index contributed by atoms with van der Waals surface area (Å²) < 4.78 is 0. The summed E-state index contributed by atoms with van der Waals surface area (Å²) in [4.78, 5) is 30.8. The molecule has 0 aromatic rings. The summed E-state index contributed by atoms with van der Waals surface area (Å²) in [6, 6.07) is 0. The molecule has 0 saturated carbocycles. The minimum Gasteiger partial charge on any atom is -0.481 e. The van der Waals surface area contributed by atoms with Crippen molar-refractivity contribution < 1.29 is 24.6 Å². The zero-order valence-corrected chi connectivity index (χ0v) is 6.61. The predicted molar refractivity (Wildman–Crippen MR) is 38.7 cm³/mol. The molecule has 0 heterocycles. The quantitative estimate of drug-likeness (QED) is 0.578. The van der Waals surface area contributed by atoms with E-state index >= 15 is 0 Å². The van der Waals surface area contributed by atoms with Crippen LogP contribution in [0.5, 0.6) is 0 Å². The number of carboxylic acid groups (broad SMARTS) is 2. The van der Waals surface area contributed by atoms with Crippen molar-refractivity contribution in [2.75, 3.05) is 0 Å². The Morgan fingerprint density at radius 1 is 1.25 bits per heavy atom. The second-order valence-corrected chi connectivity index (χ2v) is 2.91. The van der Waals surface area contributed by atoms with Crippen LogP contribution >= 0.6 is 0 Å². The molecule has 0 aliphatic rings. The fourth-order valence-electron chi connectivity index (χ4n) is 0.837. The topological polar surface area (TPSA) is 91.7 Å². The fraction of sp³-hybridized carbons (Fsp3) is 0.571. The lowest BCUT2D eigenvalue weighted by Crippen LogP contribution is -2.25. The maximum absolute atomic E-state index is 10.4. The monoisotopic (exact) mass is 174 g/mol. The third kappa shape index (κ3) is 3.70. The van der Waals surface area contributed by atoms with E-state index in [0.29, 0.717) is 6.29 Å². The average Bonchev–Trinajstić information content (AvgIpc) is 1.83. The van der Waals surface area contributed by atoms with Crippen LogP contribution in [0, 0.1) is 5.41 Å². The Hall–Kier alpha value is -1.39. The van der Waals surface area contributed by atoms with Crippen LogP contribution in [0.2, 0.25) is 0 Å². The van der Waals surface area contributed by atoms with E-state index in [1.165, 1.54) is 6.92 Å². The first-order chi connectivity index (χ1) is 5.39. The van der Waals surface area contributed by atoms with Crippen LogP contribution in [-0.2, 0) is 14.4 Å². The van der Waals surface area contributed by atoms with Gasteiger partial charge in [-0.2, -0.15) is 0 Å². The number of rotatable bonds is 5. The second-order valence-electron chi connectivity index (χ2n) is 2.91. The standard InChI is InChI=1S/C7H10O5/c1-7(4-8,2-5(9)10)3-6(11)12/h4H,2-3H2,1H3,(H,9,10)(H,11,12). The van der Waals surface area contributed by atoms with Crippen molar-refractivity contribution in [1.29, 1.82) is 0 Å². The summed E-state index contributed by atoms with van der Waals surface area (Å²) in [6.07, 6.45) is -0.541. The zero-order valence-electron chi connectivity index (χ0n) is 6.61. The molecule has 0 aromatic carbocycles. The molecule has 0 bridgehead atoms. The SMILES string of the molecule is CC(C=O)(CC(=O)O)CC(=O)O. The lowest BCUT2D eigenvalue weighted by molar-refractivity contribution is -0.146. The molecule has 0 rings (SSSR count). The maximum atomic E-state index is 10.4. The molecule has 5 heteroatoms. The Labute approximate surface area is 69.0 Å². The number of aldehydes is 1.